The van der Waals surface area contributed by atoms with E-state index >= 15 is 0 Å². The minimum Gasteiger partial charge on any atom is -0.399 e. The Morgan fingerprint density at radius 3 is 2.52 bits per heavy atom. The van der Waals surface area contributed by atoms with E-state index in [4.69, 9.17) is 5.73 Å². The smallest absolute Gasteiger partial charge is 0.261 e. The van der Waals surface area contributed by atoms with Crippen LogP contribution in [0.1, 0.15) is 33.6 Å². The summed E-state index contributed by atoms with van der Waals surface area (Å²) < 4.78 is 0. The fourth-order valence-corrected chi connectivity index (χ4v) is 3.08. The van der Waals surface area contributed by atoms with Crippen LogP contribution in [0.2, 0.25) is 0 Å². The first-order valence-corrected chi connectivity index (χ1v) is 7.82. The molecule has 3 rings (SSSR count). The number of imide groups is 1. The molecule has 2 amide bonds. The lowest BCUT2D eigenvalue weighted by molar-refractivity contribution is 0.0607. The molecule has 1 aliphatic heterocycles. The Kier molecular flexibility index (Phi) is 4.05. The summed E-state index contributed by atoms with van der Waals surface area (Å²) in [6, 6.07) is 8.97. The summed E-state index contributed by atoms with van der Waals surface area (Å²) in [5, 5.41) is 1.56. The van der Waals surface area contributed by atoms with Crippen molar-refractivity contribution in [3.8, 4) is 0 Å². The van der Waals surface area contributed by atoms with Crippen LogP contribution < -0.4 is 5.73 Å². The Hall–Kier alpha value is -2.40. The van der Waals surface area contributed by atoms with E-state index in [1.54, 1.807) is 18.2 Å². The first-order chi connectivity index (χ1) is 11.0. The Morgan fingerprint density at radius 1 is 1.04 bits per heavy atom. The molecule has 1 heterocycles. The summed E-state index contributed by atoms with van der Waals surface area (Å²) in [4.78, 5) is 28.9. The minimum atomic E-state index is -0.240. The van der Waals surface area contributed by atoms with Crippen LogP contribution in [-0.4, -0.2) is 48.8 Å². The molecule has 0 radical (unpaired) electrons. The summed E-state index contributed by atoms with van der Waals surface area (Å²) in [6.07, 6.45) is 1.74. The van der Waals surface area contributed by atoms with Gasteiger partial charge in [-0.3, -0.25) is 14.5 Å². The quantitative estimate of drug-likeness (QED) is 0.523. The monoisotopic (exact) mass is 311 g/mol. The van der Waals surface area contributed by atoms with Gasteiger partial charge in [-0.25, -0.2) is 0 Å². The van der Waals surface area contributed by atoms with Crippen molar-refractivity contribution in [3.05, 3.63) is 41.5 Å². The highest BCUT2D eigenvalue weighted by Crippen LogP contribution is 2.32. The average Bonchev–Trinajstić information content (AvgIpc) is 2.51. The lowest BCUT2D eigenvalue weighted by Gasteiger charge is -2.27. The number of rotatable bonds is 5. The predicted octanol–water partition coefficient (Wildman–Crippen LogP) is 2.36. The molecule has 0 aromatic heterocycles. The van der Waals surface area contributed by atoms with Gasteiger partial charge in [0.05, 0.1) is 5.56 Å². The molecule has 2 aromatic carbocycles. The van der Waals surface area contributed by atoms with Gasteiger partial charge in [0.15, 0.2) is 0 Å². The number of benzene rings is 2. The maximum absolute atomic E-state index is 12.7. The number of hydrogen-bond acceptors (Lipinski definition) is 4. The lowest BCUT2D eigenvalue weighted by atomic mass is 9.93. The maximum Gasteiger partial charge on any atom is 0.261 e. The minimum absolute atomic E-state index is 0.206. The molecule has 1 aliphatic rings. The molecule has 0 atom stereocenters. The van der Waals surface area contributed by atoms with E-state index in [0.29, 0.717) is 23.4 Å². The summed E-state index contributed by atoms with van der Waals surface area (Å²) >= 11 is 0. The second-order valence-corrected chi connectivity index (χ2v) is 6.24. The van der Waals surface area contributed by atoms with Gasteiger partial charge in [0, 0.05) is 23.2 Å². The number of unbranched alkanes of at least 4 members (excludes halogenated alkanes) is 1. The third kappa shape index (κ3) is 2.80. The largest absolute Gasteiger partial charge is 0.399 e. The van der Waals surface area contributed by atoms with E-state index < -0.39 is 0 Å². The summed E-state index contributed by atoms with van der Waals surface area (Å²) in [6.45, 7) is 1.38. The normalized spacial score (nSPS) is 14.1. The molecular weight excluding hydrogens is 290 g/mol. The molecule has 23 heavy (non-hydrogen) atoms. The number of amides is 2. The van der Waals surface area contributed by atoms with Gasteiger partial charge in [0.1, 0.15) is 0 Å². The number of nitrogen functional groups attached to an aromatic ring is 1. The van der Waals surface area contributed by atoms with E-state index in [2.05, 4.69) is 4.90 Å². The highest BCUT2D eigenvalue weighted by atomic mass is 16.2. The predicted molar refractivity (Wildman–Crippen MR) is 91.5 cm³/mol. The van der Waals surface area contributed by atoms with Crippen molar-refractivity contribution in [2.45, 2.75) is 12.8 Å². The van der Waals surface area contributed by atoms with E-state index in [-0.39, 0.29) is 11.8 Å². The van der Waals surface area contributed by atoms with E-state index in [1.807, 2.05) is 26.2 Å². The third-order valence-corrected chi connectivity index (χ3v) is 4.19. The topological polar surface area (TPSA) is 66.6 Å². The highest BCUT2D eigenvalue weighted by molar-refractivity contribution is 6.25. The summed E-state index contributed by atoms with van der Waals surface area (Å²) in [7, 11) is 4.02. The molecule has 0 saturated carbocycles. The number of anilines is 1. The molecular formula is C18H21N3O2. The van der Waals surface area contributed by atoms with Crippen molar-refractivity contribution in [1.29, 1.82) is 0 Å². The van der Waals surface area contributed by atoms with Crippen molar-refractivity contribution in [2.75, 3.05) is 32.9 Å². The summed E-state index contributed by atoms with van der Waals surface area (Å²) in [5.74, 6) is -0.446. The number of nitrogens with two attached hydrogens (primary N) is 1. The fourth-order valence-electron chi connectivity index (χ4n) is 3.08. The molecule has 2 aromatic rings. The van der Waals surface area contributed by atoms with E-state index in [9.17, 15) is 9.59 Å². The second-order valence-electron chi connectivity index (χ2n) is 6.24. The van der Waals surface area contributed by atoms with Crippen LogP contribution in [0.25, 0.3) is 10.8 Å². The molecule has 0 spiro atoms. The van der Waals surface area contributed by atoms with Gasteiger partial charge in [0.25, 0.3) is 11.8 Å². The molecule has 0 aliphatic carbocycles. The zero-order valence-electron chi connectivity index (χ0n) is 13.5. The molecule has 5 nitrogen and oxygen atoms in total. The van der Waals surface area contributed by atoms with Crippen LogP contribution >= 0.6 is 0 Å². The maximum atomic E-state index is 12.7. The SMILES string of the molecule is CN(C)CCCCN1C(=O)c2cccc3cc(N)cc(c23)C1=O. The standard InChI is InChI=1S/C18H21N3O2/c1-20(2)8-3-4-9-21-17(22)14-7-5-6-12-10-13(19)11-15(16(12)14)18(21)23/h5-7,10-11H,3-4,8-9,19H2,1-2H3. The molecule has 0 fully saturated rings. The number of hydrogen-bond donors (Lipinski definition) is 1. The lowest BCUT2D eigenvalue weighted by Crippen LogP contribution is -2.41. The Bertz CT molecular complexity index is 783. The van der Waals surface area contributed by atoms with Crippen molar-refractivity contribution >= 4 is 28.3 Å². The molecule has 0 bridgehead atoms. The van der Waals surface area contributed by atoms with Crippen LogP contribution in [0.15, 0.2) is 30.3 Å². The summed E-state index contributed by atoms with van der Waals surface area (Å²) in [5.41, 5.74) is 7.57. The van der Waals surface area contributed by atoms with Gasteiger partial charge in [-0.1, -0.05) is 12.1 Å². The van der Waals surface area contributed by atoms with Crippen molar-refractivity contribution in [3.63, 3.8) is 0 Å². The molecule has 0 saturated heterocycles. The van der Waals surface area contributed by atoms with Crippen LogP contribution in [-0.2, 0) is 0 Å². The van der Waals surface area contributed by atoms with Crippen LogP contribution in [0.5, 0.6) is 0 Å². The number of nitrogens with zero attached hydrogens (tertiary/aromatic N) is 2. The van der Waals surface area contributed by atoms with Gasteiger partial charge >= 0.3 is 0 Å². The Balaban J connectivity index is 1.92. The first-order valence-electron chi connectivity index (χ1n) is 7.82. The average molecular weight is 311 g/mol. The fraction of sp³-hybridized carbons (Fsp3) is 0.333. The van der Waals surface area contributed by atoms with Gasteiger partial charge in [-0.05, 0) is 57.1 Å². The van der Waals surface area contributed by atoms with Gasteiger partial charge in [-0.15, -0.1) is 0 Å². The zero-order valence-corrected chi connectivity index (χ0v) is 13.5. The van der Waals surface area contributed by atoms with E-state index in [0.717, 1.165) is 30.2 Å². The van der Waals surface area contributed by atoms with Gasteiger partial charge in [0.2, 0.25) is 0 Å². The van der Waals surface area contributed by atoms with Crippen LogP contribution in [0.4, 0.5) is 5.69 Å². The van der Waals surface area contributed by atoms with Crippen molar-refractivity contribution < 1.29 is 9.59 Å². The van der Waals surface area contributed by atoms with Crippen molar-refractivity contribution in [1.82, 2.24) is 9.80 Å². The Labute approximate surface area is 135 Å². The molecule has 0 unspecified atom stereocenters. The van der Waals surface area contributed by atoms with E-state index in [1.165, 1.54) is 4.90 Å². The first kappa shape index (κ1) is 15.5. The number of carbonyl (C=O) groups is 2. The zero-order chi connectivity index (χ0) is 16.6. The van der Waals surface area contributed by atoms with Crippen LogP contribution in [0.3, 0.4) is 0 Å². The van der Waals surface area contributed by atoms with Gasteiger partial charge in [-0.2, -0.15) is 0 Å². The number of carbonyl (C=O) groups excluding carboxylic acids is 2. The molecule has 2 N–H and O–H groups in total. The second kappa shape index (κ2) is 6.01. The van der Waals surface area contributed by atoms with Crippen molar-refractivity contribution in [2.24, 2.45) is 0 Å². The molecule has 120 valence electrons. The Morgan fingerprint density at radius 2 is 1.78 bits per heavy atom. The third-order valence-electron chi connectivity index (χ3n) is 4.19. The molecule has 5 heteroatoms. The van der Waals surface area contributed by atoms with Crippen LogP contribution in [0, 0.1) is 0 Å². The highest BCUT2D eigenvalue weighted by Gasteiger charge is 2.32. The van der Waals surface area contributed by atoms with Gasteiger partial charge < -0.3 is 10.6 Å².